The third-order valence-corrected chi connectivity index (χ3v) is 5.90. The molecular weight excluding hydrogens is 428 g/mol. The first-order valence-electron chi connectivity index (χ1n) is 11.0. The molecular formula is C20H28N2O10. The van der Waals surface area contributed by atoms with Crippen molar-refractivity contribution in [1.29, 1.82) is 0 Å². The second-order valence-corrected chi connectivity index (χ2v) is 7.81. The van der Waals surface area contributed by atoms with Crippen LogP contribution in [0.5, 0.6) is 0 Å². The van der Waals surface area contributed by atoms with Crippen LogP contribution in [0.4, 0.5) is 0 Å². The summed E-state index contributed by atoms with van der Waals surface area (Å²) in [6, 6.07) is 0. The highest BCUT2D eigenvalue weighted by Crippen LogP contribution is 2.41. The van der Waals surface area contributed by atoms with Crippen LogP contribution in [0.3, 0.4) is 0 Å². The Hall–Kier alpha value is -2.28. The molecule has 0 radical (unpaired) electrons. The van der Waals surface area contributed by atoms with Crippen LogP contribution in [0.15, 0.2) is 0 Å². The van der Waals surface area contributed by atoms with Gasteiger partial charge in [0, 0.05) is 25.9 Å². The number of nitrogens with zero attached hydrogens (tertiary/aromatic N) is 2. The summed E-state index contributed by atoms with van der Waals surface area (Å²) in [4.78, 5) is 52.1. The minimum absolute atomic E-state index is 0.0105. The van der Waals surface area contributed by atoms with Crippen molar-refractivity contribution in [3.63, 3.8) is 0 Å². The molecule has 0 aromatic heterocycles. The molecule has 2 amide bonds. The Morgan fingerprint density at radius 3 is 1.62 bits per heavy atom. The van der Waals surface area contributed by atoms with Crippen molar-refractivity contribution in [1.82, 2.24) is 9.80 Å². The standard InChI is InChI=1S/C20H28N2O10/c1-3-27-17(25)13-15(23)21-9-5-7-19(21,31-13)29-11-12-30-20-8-6-10-22(20)16(24)14(32-20)18(26)28-4-2/h13-14H,3-12H2,1-2H3. The molecule has 4 aliphatic heterocycles. The monoisotopic (exact) mass is 456 g/mol. The zero-order valence-electron chi connectivity index (χ0n) is 18.2. The Morgan fingerprint density at radius 2 is 1.25 bits per heavy atom. The molecule has 0 bridgehead atoms. The Labute approximate surface area is 184 Å². The molecule has 4 unspecified atom stereocenters. The van der Waals surface area contributed by atoms with E-state index in [0.717, 1.165) is 0 Å². The van der Waals surface area contributed by atoms with E-state index in [-0.39, 0.29) is 26.4 Å². The van der Waals surface area contributed by atoms with Crippen molar-refractivity contribution < 1.29 is 47.6 Å². The second-order valence-electron chi connectivity index (χ2n) is 7.81. The Bertz CT molecular complexity index is 726. The van der Waals surface area contributed by atoms with Gasteiger partial charge >= 0.3 is 11.9 Å². The summed E-state index contributed by atoms with van der Waals surface area (Å²) >= 11 is 0. The molecule has 12 heteroatoms. The lowest BCUT2D eigenvalue weighted by molar-refractivity contribution is -0.301. The summed E-state index contributed by atoms with van der Waals surface area (Å²) in [5.74, 6) is -5.13. The van der Waals surface area contributed by atoms with Gasteiger partial charge in [-0.15, -0.1) is 0 Å². The van der Waals surface area contributed by atoms with Crippen LogP contribution in [0.1, 0.15) is 39.5 Å². The fourth-order valence-electron chi connectivity index (χ4n) is 4.59. The zero-order valence-corrected chi connectivity index (χ0v) is 18.2. The highest BCUT2D eigenvalue weighted by Gasteiger charge is 2.60. The summed E-state index contributed by atoms with van der Waals surface area (Å²) in [5, 5.41) is 0. The Balaban J connectivity index is 1.35. The van der Waals surface area contributed by atoms with Gasteiger partial charge in [0.05, 0.1) is 26.4 Å². The molecule has 4 aliphatic rings. The van der Waals surface area contributed by atoms with Crippen molar-refractivity contribution in [2.75, 3.05) is 39.5 Å². The zero-order chi connectivity index (χ0) is 22.9. The largest absolute Gasteiger partial charge is 0.464 e. The maximum atomic E-state index is 12.6. The lowest BCUT2D eigenvalue weighted by Crippen LogP contribution is -2.46. The second kappa shape index (κ2) is 8.93. The van der Waals surface area contributed by atoms with Crippen molar-refractivity contribution in [2.45, 2.75) is 63.6 Å². The predicted octanol–water partition coefficient (Wildman–Crippen LogP) is -0.504. The van der Waals surface area contributed by atoms with E-state index in [1.807, 2.05) is 0 Å². The van der Waals surface area contributed by atoms with E-state index in [9.17, 15) is 19.2 Å². The first-order chi connectivity index (χ1) is 15.4. The number of carbonyl (C=O) groups is 4. The van der Waals surface area contributed by atoms with Gasteiger partial charge in [-0.05, 0) is 26.7 Å². The summed E-state index contributed by atoms with van der Waals surface area (Å²) in [7, 11) is 0. The molecule has 4 saturated heterocycles. The van der Waals surface area contributed by atoms with E-state index in [1.165, 1.54) is 9.80 Å². The molecule has 32 heavy (non-hydrogen) atoms. The third-order valence-electron chi connectivity index (χ3n) is 5.90. The van der Waals surface area contributed by atoms with E-state index < -0.39 is 47.8 Å². The number of hydrogen-bond donors (Lipinski definition) is 0. The van der Waals surface area contributed by atoms with Gasteiger partial charge < -0.3 is 28.4 Å². The number of carbonyl (C=O) groups excluding carboxylic acids is 4. The summed E-state index contributed by atoms with van der Waals surface area (Å²) in [5.41, 5.74) is 0. The number of ether oxygens (including phenoxy) is 6. The van der Waals surface area contributed by atoms with Crippen molar-refractivity contribution in [2.24, 2.45) is 0 Å². The highest BCUT2D eigenvalue weighted by molar-refractivity contribution is 6.03. The van der Waals surface area contributed by atoms with Gasteiger partial charge in [-0.25, -0.2) is 9.59 Å². The van der Waals surface area contributed by atoms with Gasteiger partial charge in [0.25, 0.3) is 23.6 Å². The first-order valence-corrected chi connectivity index (χ1v) is 11.0. The normalized spacial score (nSPS) is 33.6. The van der Waals surface area contributed by atoms with Crippen LogP contribution >= 0.6 is 0 Å². The van der Waals surface area contributed by atoms with Gasteiger partial charge in [0.15, 0.2) is 0 Å². The topological polar surface area (TPSA) is 130 Å². The summed E-state index contributed by atoms with van der Waals surface area (Å²) in [6.07, 6.45) is -0.544. The van der Waals surface area contributed by atoms with E-state index in [1.54, 1.807) is 13.8 Å². The highest BCUT2D eigenvalue weighted by atomic mass is 16.8. The molecule has 0 N–H and O–H groups in total. The Kier molecular flexibility index (Phi) is 6.39. The molecule has 0 spiro atoms. The van der Waals surface area contributed by atoms with Gasteiger partial charge in [-0.3, -0.25) is 19.4 Å². The minimum atomic E-state index is -1.35. The van der Waals surface area contributed by atoms with Crippen LogP contribution < -0.4 is 0 Å². The Morgan fingerprint density at radius 1 is 0.844 bits per heavy atom. The predicted molar refractivity (Wildman–Crippen MR) is 102 cm³/mol. The number of rotatable bonds is 9. The maximum Gasteiger partial charge on any atom is 0.345 e. The van der Waals surface area contributed by atoms with Gasteiger partial charge in [0.1, 0.15) is 0 Å². The summed E-state index contributed by atoms with van der Waals surface area (Å²) < 4.78 is 33.0. The van der Waals surface area contributed by atoms with E-state index in [2.05, 4.69) is 0 Å². The lowest BCUT2D eigenvalue weighted by Gasteiger charge is -2.32. The lowest BCUT2D eigenvalue weighted by atomic mass is 10.3. The number of hydrogen-bond acceptors (Lipinski definition) is 10. The van der Waals surface area contributed by atoms with Gasteiger partial charge in [0.2, 0.25) is 12.2 Å². The van der Waals surface area contributed by atoms with Crippen LogP contribution in [-0.4, -0.2) is 97.1 Å². The first kappa shape index (κ1) is 22.9. The molecule has 0 aromatic rings. The molecule has 4 fully saturated rings. The van der Waals surface area contributed by atoms with Crippen molar-refractivity contribution in [3.05, 3.63) is 0 Å². The maximum absolute atomic E-state index is 12.6. The SMILES string of the molecule is CCOC(=O)C1OC2(OCCOC34CCCN3C(=O)C(C(=O)OCC)O4)CCCN2C1=O. The van der Waals surface area contributed by atoms with E-state index in [4.69, 9.17) is 28.4 Å². The molecule has 4 rings (SSSR count). The van der Waals surface area contributed by atoms with Gasteiger partial charge in [-0.2, -0.15) is 0 Å². The fourth-order valence-corrected chi connectivity index (χ4v) is 4.59. The molecule has 12 nitrogen and oxygen atoms in total. The van der Waals surface area contributed by atoms with E-state index >= 15 is 0 Å². The fraction of sp³-hybridized carbons (Fsp3) is 0.800. The molecule has 0 aromatic carbocycles. The number of fused-ring (bicyclic) bond motifs is 2. The van der Waals surface area contributed by atoms with Gasteiger partial charge in [-0.1, -0.05) is 0 Å². The average molecular weight is 456 g/mol. The van der Waals surface area contributed by atoms with Crippen molar-refractivity contribution >= 4 is 23.8 Å². The van der Waals surface area contributed by atoms with Crippen LogP contribution in [-0.2, 0) is 47.6 Å². The molecule has 178 valence electrons. The number of esters is 2. The molecule has 4 heterocycles. The number of amides is 2. The average Bonchev–Trinajstić information content (AvgIpc) is 3.48. The molecule has 0 saturated carbocycles. The smallest absolute Gasteiger partial charge is 0.345 e. The summed E-state index contributed by atoms with van der Waals surface area (Å²) in [6.45, 7) is 4.41. The van der Waals surface area contributed by atoms with Crippen LogP contribution in [0.2, 0.25) is 0 Å². The van der Waals surface area contributed by atoms with Crippen molar-refractivity contribution in [3.8, 4) is 0 Å². The minimum Gasteiger partial charge on any atom is -0.464 e. The van der Waals surface area contributed by atoms with Crippen LogP contribution in [0, 0.1) is 0 Å². The van der Waals surface area contributed by atoms with E-state index in [0.29, 0.717) is 38.8 Å². The molecule has 0 aliphatic carbocycles. The quantitative estimate of drug-likeness (QED) is 0.254. The third kappa shape index (κ3) is 3.74. The van der Waals surface area contributed by atoms with Crippen LogP contribution in [0.25, 0.3) is 0 Å². The molecule has 4 atom stereocenters.